The molecule has 0 saturated carbocycles. The maximum absolute atomic E-state index is 13.3. The van der Waals surface area contributed by atoms with Gasteiger partial charge >= 0.3 is 0 Å². The van der Waals surface area contributed by atoms with Crippen LogP contribution < -0.4 is 5.73 Å². The van der Waals surface area contributed by atoms with Crippen LogP contribution in [0.2, 0.25) is 0 Å². The van der Waals surface area contributed by atoms with Gasteiger partial charge in [-0.2, -0.15) is 10.4 Å². The highest BCUT2D eigenvalue weighted by Crippen LogP contribution is 2.28. The Labute approximate surface area is 143 Å². The lowest BCUT2D eigenvalue weighted by Gasteiger charge is -2.10. The molecule has 1 aromatic heterocycles. The number of benzene rings is 2. The summed E-state index contributed by atoms with van der Waals surface area (Å²) in [6, 6.07) is 13.6. The number of nitrogens with zero attached hydrogens (tertiary/aromatic N) is 3. The molecule has 0 spiro atoms. The predicted octanol–water partition coefficient (Wildman–Crippen LogP) is 2.54. The van der Waals surface area contributed by atoms with E-state index in [1.54, 1.807) is 18.2 Å². The Kier molecular flexibility index (Phi) is 4.02. The van der Waals surface area contributed by atoms with E-state index in [9.17, 15) is 12.8 Å². The van der Waals surface area contributed by atoms with E-state index in [1.807, 2.05) is 6.07 Å². The van der Waals surface area contributed by atoms with Crippen LogP contribution in [0.1, 0.15) is 5.69 Å². The Balaban J connectivity index is 2.17. The second-order valence-electron chi connectivity index (χ2n) is 5.44. The van der Waals surface area contributed by atoms with Gasteiger partial charge in [0.1, 0.15) is 11.9 Å². The number of anilines is 1. The van der Waals surface area contributed by atoms with Crippen molar-refractivity contribution < 1.29 is 12.8 Å². The van der Waals surface area contributed by atoms with Crippen molar-refractivity contribution in [2.24, 2.45) is 0 Å². The molecular weight excluding hydrogens is 343 g/mol. The highest BCUT2D eigenvalue weighted by Gasteiger charge is 2.15. The molecule has 0 unspecified atom stereocenters. The molecule has 0 amide bonds. The Morgan fingerprint density at radius 1 is 1.16 bits per heavy atom. The van der Waals surface area contributed by atoms with E-state index in [0.717, 1.165) is 6.26 Å². The van der Waals surface area contributed by atoms with Crippen LogP contribution in [0.3, 0.4) is 0 Å². The van der Waals surface area contributed by atoms with Crippen LogP contribution in [0.5, 0.6) is 0 Å². The minimum Gasteiger partial charge on any atom is -0.397 e. The average Bonchev–Trinajstić information content (AvgIpc) is 2.98. The minimum atomic E-state index is -3.31. The molecule has 2 aromatic carbocycles. The molecule has 1 heterocycles. The summed E-state index contributed by atoms with van der Waals surface area (Å²) in [7, 11) is -3.31. The number of halogens is 1. The Bertz CT molecular complexity index is 1100. The van der Waals surface area contributed by atoms with Gasteiger partial charge in [0, 0.05) is 17.9 Å². The number of rotatable bonds is 3. The van der Waals surface area contributed by atoms with Crippen molar-refractivity contribution in [3.05, 3.63) is 60.0 Å². The molecule has 2 N–H and O–H groups in total. The summed E-state index contributed by atoms with van der Waals surface area (Å²) in [5.74, 6) is -0.479. The predicted molar refractivity (Wildman–Crippen MR) is 91.2 cm³/mol. The standard InChI is InChI=1S/C17H13FN4O2S/c1-25(23,24)14-5-2-11(3-6-14)17-9-13(10-19)21-22(17)16-7-4-12(18)8-15(16)20/h2-9H,20H2,1H3. The quantitative estimate of drug-likeness (QED) is 0.727. The maximum atomic E-state index is 13.3. The number of nitrogen functional groups attached to an aromatic ring is 1. The molecule has 0 bridgehead atoms. The third kappa shape index (κ3) is 3.22. The van der Waals surface area contributed by atoms with Crippen LogP contribution in [-0.4, -0.2) is 24.5 Å². The molecule has 8 heteroatoms. The van der Waals surface area contributed by atoms with Crippen LogP contribution in [0, 0.1) is 17.1 Å². The van der Waals surface area contributed by atoms with Gasteiger partial charge in [0.15, 0.2) is 15.5 Å². The van der Waals surface area contributed by atoms with Crippen LogP contribution in [0.15, 0.2) is 53.4 Å². The lowest BCUT2D eigenvalue weighted by Crippen LogP contribution is -2.04. The monoisotopic (exact) mass is 356 g/mol. The zero-order valence-corrected chi connectivity index (χ0v) is 14.0. The molecule has 0 aliphatic carbocycles. The van der Waals surface area contributed by atoms with Crippen LogP contribution >= 0.6 is 0 Å². The van der Waals surface area contributed by atoms with Crippen molar-refractivity contribution in [3.8, 4) is 23.0 Å². The number of sulfone groups is 1. The van der Waals surface area contributed by atoms with E-state index in [-0.39, 0.29) is 16.3 Å². The zero-order chi connectivity index (χ0) is 18.2. The van der Waals surface area contributed by atoms with Gasteiger partial charge in [0.25, 0.3) is 0 Å². The van der Waals surface area contributed by atoms with Gasteiger partial charge < -0.3 is 5.73 Å². The van der Waals surface area contributed by atoms with Gasteiger partial charge in [-0.1, -0.05) is 12.1 Å². The van der Waals surface area contributed by atoms with Crippen LogP contribution in [0.4, 0.5) is 10.1 Å². The summed E-state index contributed by atoms with van der Waals surface area (Å²) < 4.78 is 37.9. The summed E-state index contributed by atoms with van der Waals surface area (Å²) in [5, 5.41) is 13.3. The van der Waals surface area contributed by atoms with Crippen molar-refractivity contribution in [2.75, 3.05) is 12.0 Å². The molecule has 25 heavy (non-hydrogen) atoms. The van der Waals surface area contributed by atoms with Crippen LogP contribution in [0.25, 0.3) is 16.9 Å². The lowest BCUT2D eigenvalue weighted by molar-refractivity contribution is 0.602. The Morgan fingerprint density at radius 3 is 2.40 bits per heavy atom. The van der Waals surface area contributed by atoms with Gasteiger partial charge in [-0.05, 0) is 30.3 Å². The van der Waals surface area contributed by atoms with E-state index < -0.39 is 15.7 Å². The van der Waals surface area contributed by atoms with Gasteiger partial charge in [-0.3, -0.25) is 0 Å². The van der Waals surface area contributed by atoms with Gasteiger partial charge in [-0.15, -0.1) is 0 Å². The number of nitrogens with two attached hydrogens (primary N) is 1. The third-order valence-electron chi connectivity index (χ3n) is 3.62. The van der Waals surface area contributed by atoms with Crippen molar-refractivity contribution in [3.63, 3.8) is 0 Å². The van der Waals surface area contributed by atoms with E-state index in [2.05, 4.69) is 5.10 Å². The first kappa shape index (κ1) is 16.7. The van der Waals surface area contributed by atoms with E-state index >= 15 is 0 Å². The summed E-state index contributed by atoms with van der Waals surface area (Å²) in [4.78, 5) is 0.184. The van der Waals surface area contributed by atoms with Crippen molar-refractivity contribution in [1.29, 1.82) is 5.26 Å². The Hall–Kier alpha value is -3.18. The number of hydrogen-bond acceptors (Lipinski definition) is 5. The molecule has 3 aromatic rings. The third-order valence-corrected chi connectivity index (χ3v) is 4.75. The first-order valence-electron chi connectivity index (χ1n) is 7.15. The van der Waals surface area contributed by atoms with Crippen molar-refractivity contribution in [1.82, 2.24) is 9.78 Å². The second kappa shape index (κ2) is 6.03. The normalized spacial score (nSPS) is 11.2. The summed E-state index contributed by atoms with van der Waals surface area (Å²) >= 11 is 0. The largest absolute Gasteiger partial charge is 0.397 e. The zero-order valence-electron chi connectivity index (χ0n) is 13.1. The molecule has 0 radical (unpaired) electrons. The van der Waals surface area contributed by atoms with Gasteiger partial charge in [-0.25, -0.2) is 17.5 Å². The second-order valence-corrected chi connectivity index (χ2v) is 7.45. The molecule has 6 nitrogen and oxygen atoms in total. The first-order chi connectivity index (χ1) is 11.8. The van der Waals surface area contributed by atoms with Crippen LogP contribution in [-0.2, 0) is 9.84 Å². The topological polar surface area (TPSA) is 102 Å². The molecule has 3 rings (SSSR count). The highest BCUT2D eigenvalue weighted by molar-refractivity contribution is 7.90. The molecular formula is C17H13FN4O2S. The molecule has 0 aliphatic heterocycles. The van der Waals surface area contributed by atoms with Crippen molar-refractivity contribution >= 4 is 15.5 Å². The van der Waals surface area contributed by atoms with Gasteiger partial charge in [0.05, 0.1) is 22.0 Å². The fourth-order valence-corrected chi connectivity index (χ4v) is 3.05. The molecule has 0 atom stereocenters. The lowest BCUT2D eigenvalue weighted by atomic mass is 10.1. The molecule has 0 fully saturated rings. The summed E-state index contributed by atoms with van der Waals surface area (Å²) in [6.07, 6.45) is 1.12. The molecule has 0 saturated heterocycles. The summed E-state index contributed by atoms with van der Waals surface area (Å²) in [5.41, 5.74) is 7.80. The summed E-state index contributed by atoms with van der Waals surface area (Å²) in [6.45, 7) is 0. The first-order valence-corrected chi connectivity index (χ1v) is 9.05. The molecule has 126 valence electrons. The minimum absolute atomic E-state index is 0.158. The van der Waals surface area contributed by atoms with E-state index in [4.69, 9.17) is 11.0 Å². The fraction of sp³-hybridized carbons (Fsp3) is 0.0588. The van der Waals surface area contributed by atoms with Gasteiger partial charge in [0.2, 0.25) is 0 Å². The maximum Gasteiger partial charge on any atom is 0.175 e. The van der Waals surface area contributed by atoms with E-state index in [1.165, 1.54) is 35.0 Å². The smallest absolute Gasteiger partial charge is 0.175 e. The Morgan fingerprint density at radius 2 is 1.84 bits per heavy atom. The molecule has 0 aliphatic rings. The SMILES string of the molecule is CS(=O)(=O)c1ccc(-c2cc(C#N)nn2-c2ccc(F)cc2N)cc1. The number of nitriles is 1. The number of hydrogen-bond donors (Lipinski definition) is 1. The van der Waals surface area contributed by atoms with E-state index in [0.29, 0.717) is 16.9 Å². The fourth-order valence-electron chi connectivity index (χ4n) is 2.42. The van der Waals surface area contributed by atoms with Crippen molar-refractivity contribution in [2.45, 2.75) is 4.90 Å². The highest BCUT2D eigenvalue weighted by atomic mass is 32.2. The number of aromatic nitrogens is 2. The average molecular weight is 356 g/mol.